The van der Waals surface area contributed by atoms with E-state index in [0.29, 0.717) is 0 Å². The summed E-state index contributed by atoms with van der Waals surface area (Å²) in [6.45, 7) is 8.69. The molecule has 2 aliphatic rings. The monoisotopic (exact) mass is 475 g/mol. The van der Waals surface area contributed by atoms with E-state index in [4.69, 9.17) is 0 Å². The number of amides is 1. The van der Waals surface area contributed by atoms with Crippen molar-refractivity contribution in [2.45, 2.75) is 56.6 Å². The number of carbonyl (C=O) groups is 1. The van der Waals surface area contributed by atoms with Crippen molar-refractivity contribution in [2.24, 2.45) is 5.92 Å². The molecule has 0 aromatic carbocycles. The number of allylic oxidation sites excluding steroid dienone is 8. The van der Waals surface area contributed by atoms with Gasteiger partial charge in [0.05, 0.1) is 0 Å². The summed E-state index contributed by atoms with van der Waals surface area (Å²) in [7, 11) is 0. The van der Waals surface area contributed by atoms with E-state index in [1.165, 1.54) is 0 Å². The Morgan fingerprint density at radius 2 is 1.26 bits per heavy atom. The molecule has 0 saturated carbocycles. The zero-order valence-electron chi connectivity index (χ0n) is 14.7. The second kappa shape index (κ2) is 8.16. The fraction of sp³-hybridized carbons (Fsp3) is 0.550. The quantitative estimate of drug-likeness (QED) is 0.496. The summed E-state index contributed by atoms with van der Waals surface area (Å²) >= 11 is -1.35. The van der Waals surface area contributed by atoms with Crippen LogP contribution < -0.4 is 1.92 Å². The van der Waals surface area contributed by atoms with E-state index >= 15 is 0 Å². The summed E-state index contributed by atoms with van der Waals surface area (Å²) in [5, 5.41) is 0. The third-order valence-corrected chi connectivity index (χ3v) is 10.8. The van der Waals surface area contributed by atoms with E-state index in [1.807, 2.05) is 0 Å². The summed E-state index contributed by atoms with van der Waals surface area (Å²) in [4.78, 5) is 12.9. The average molecular weight is 475 g/mol. The summed E-state index contributed by atoms with van der Waals surface area (Å²) in [5.41, 5.74) is 0. The first-order chi connectivity index (χ1) is 11.1. The number of carbonyl (C=O) groups excluding carboxylic acids is 1. The van der Waals surface area contributed by atoms with Gasteiger partial charge >= 0.3 is 155 Å². The van der Waals surface area contributed by atoms with Gasteiger partial charge in [0.15, 0.2) is 0 Å². The van der Waals surface area contributed by atoms with Crippen molar-refractivity contribution in [1.82, 2.24) is 1.92 Å². The van der Waals surface area contributed by atoms with Crippen LogP contribution in [0.2, 0.25) is 3.27 Å². The molecule has 2 nitrogen and oxygen atoms in total. The van der Waals surface area contributed by atoms with Crippen molar-refractivity contribution in [3.8, 4) is 0 Å². The first-order valence-electron chi connectivity index (χ1n) is 8.64. The van der Waals surface area contributed by atoms with Gasteiger partial charge in [0.25, 0.3) is 0 Å². The van der Waals surface area contributed by atoms with Gasteiger partial charge in [0.1, 0.15) is 0 Å². The van der Waals surface area contributed by atoms with Crippen LogP contribution in [0.25, 0.3) is 0 Å². The Balaban J connectivity index is 2.38. The number of hydrogen-bond donors (Lipinski definition) is 1. The Bertz CT molecular complexity index is 480. The third-order valence-electron chi connectivity index (χ3n) is 4.60. The molecule has 1 N–H and O–H groups in total. The molecule has 0 radical (unpaired) electrons. The molecule has 2 rings (SSSR count). The Hall–Kier alpha value is -0.336. The van der Waals surface area contributed by atoms with Crippen molar-refractivity contribution in [3.05, 3.63) is 48.6 Å². The van der Waals surface area contributed by atoms with Gasteiger partial charge in [-0.05, 0) is 0 Å². The van der Waals surface area contributed by atoms with Crippen LogP contribution in [0, 0.1) is 37.4 Å². The van der Waals surface area contributed by atoms with Gasteiger partial charge in [-0.15, -0.1) is 0 Å². The SMILES string of the molecule is CCC(CC)C(=O)[NH][Lu]([C]1(CC)C=CC=C1)[C]1(CC)C=CC=C1. The average Bonchev–Trinajstić information content (AvgIpc) is 3.24. The second-order valence-electron chi connectivity index (χ2n) is 5.91. The first kappa shape index (κ1) is 19.0. The molecule has 0 spiro atoms. The van der Waals surface area contributed by atoms with Gasteiger partial charge < -0.3 is 0 Å². The minimum absolute atomic E-state index is 0.0106. The summed E-state index contributed by atoms with van der Waals surface area (Å²) in [6.07, 6.45) is 21.7. The summed E-state index contributed by atoms with van der Waals surface area (Å²) < 4.78 is 3.57. The van der Waals surface area contributed by atoms with Crippen LogP contribution in [0.4, 0.5) is 0 Å². The Labute approximate surface area is 154 Å². The molecule has 2 aliphatic carbocycles. The van der Waals surface area contributed by atoms with Gasteiger partial charge in [-0.25, -0.2) is 0 Å². The van der Waals surface area contributed by atoms with Gasteiger partial charge in [-0.2, -0.15) is 0 Å². The number of hydrogen-bond acceptors (Lipinski definition) is 1. The van der Waals surface area contributed by atoms with Crippen LogP contribution in [0.15, 0.2) is 48.6 Å². The molecule has 0 bridgehead atoms. The molecule has 0 unspecified atom stereocenters. The van der Waals surface area contributed by atoms with E-state index in [2.05, 4.69) is 78.2 Å². The fourth-order valence-electron chi connectivity index (χ4n) is 2.87. The number of nitrogens with one attached hydrogen (secondary N) is 1. The topological polar surface area (TPSA) is 29.1 Å². The predicted molar refractivity (Wildman–Crippen MR) is 94.7 cm³/mol. The summed E-state index contributed by atoms with van der Waals surface area (Å²) in [5.74, 6) is 0.375. The second-order valence-corrected chi connectivity index (χ2v) is 10.7. The van der Waals surface area contributed by atoms with Gasteiger partial charge in [0.2, 0.25) is 0 Å². The molecule has 1 amide bonds. The Morgan fingerprint density at radius 3 is 1.57 bits per heavy atom. The molecule has 3 heteroatoms. The van der Waals surface area contributed by atoms with Crippen molar-refractivity contribution in [3.63, 3.8) is 0 Å². The molecule has 0 aromatic rings. The van der Waals surface area contributed by atoms with Crippen molar-refractivity contribution >= 4 is 5.91 Å². The molecule has 0 aromatic heterocycles. The molecule has 0 saturated heterocycles. The van der Waals surface area contributed by atoms with Crippen LogP contribution >= 0.6 is 0 Å². The van der Waals surface area contributed by atoms with Crippen molar-refractivity contribution in [2.75, 3.05) is 0 Å². The van der Waals surface area contributed by atoms with Gasteiger partial charge in [-0.3, -0.25) is 0 Å². The van der Waals surface area contributed by atoms with Crippen LogP contribution in [0.3, 0.4) is 0 Å². The van der Waals surface area contributed by atoms with Crippen LogP contribution in [0.5, 0.6) is 0 Å². The van der Waals surface area contributed by atoms with Crippen LogP contribution in [-0.4, -0.2) is 5.91 Å². The maximum atomic E-state index is 12.9. The third kappa shape index (κ3) is 3.69. The molecule has 23 heavy (non-hydrogen) atoms. The Kier molecular flexibility index (Phi) is 6.74. The molecule has 0 heterocycles. The molecule has 0 atom stereocenters. The van der Waals surface area contributed by atoms with E-state index in [0.717, 1.165) is 25.7 Å². The molecular formula is C20H30LuNO. The fourth-order valence-corrected chi connectivity index (χ4v) is 8.74. The van der Waals surface area contributed by atoms with E-state index in [1.54, 1.807) is 0 Å². The molecule has 136 valence electrons. The van der Waals surface area contributed by atoms with E-state index < -0.39 is 31.5 Å². The van der Waals surface area contributed by atoms with Crippen molar-refractivity contribution in [1.29, 1.82) is 0 Å². The normalized spacial score (nSPS) is 20.5. The zero-order chi connectivity index (χ0) is 16.9. The Morgan fingerprint density at radius 1 is 0.870 bits per heavy atom. The van der Waals surface area contributed by atoms with Gasteiger partial charge in [-0.1, -0.05) is 0 Å². The van der Waals surface area contributed by atoms with Crippen LogP contribution in [0.1, 0.15) is 53.4 Å². The van der Waals surface area contributed by atoms with E-state index in [9.17, 15) is 4.79 Å². The molecule has 0 fully saturated rings. The zero-order valence-corrected chi connectivity index (χ0v) is 16.3. The molecular weight excluding hydrogens is 445 g/mol. The van der Waals surface area contributed by atoms with Crippen molar-refractivity contribution < 1.29 is 36.3 Å². The minimum atomic E-state index is -1.35. The first-order valence-corrected chi connectivity index (χ1v) is 11.1. The predicted octanol–water partition coefficient (Wildman–Crippen LogP) is 5.46. The number of rotatable bonds is 8. The molecule has 0 aliphatic heterocycles. The van der Waals surface area contributed by atoms with Crippen LogP contribution in [-0.2, 0) is 4.79 Å². The van der Waals surface area contributed by atoms with Gasteiger partial charge in [0, 0.05) is 0 Å². The van der Waals surface area contributed by atoms with E-state index in [-0.39, 0.29) is 15.1 Å². The maximum absolute atomic E-state index is 12.9. The standard InChI is InChI=1S/2C7H9.C6H13NO.Lu/c2*1-2-7-5-3-4-6-7;1-3-5(4-2)6(7)8;/h2*3-6H,2H2,1H3;5H,3-4H2,1-2H3,(H2,7,8);/q;;;+1/p-1. The summed E-state index contributed by atoms with van der Waals surface area (Å²) in [6, 6.07) is 0.